The highest BCUT2D eigenvalue weighted by Gasteiger charge is 2.22. The van der Waals surface area contributed by atoms with Crippen molar-refractivity contribution in [3.63, 3.8) is 0 Å². The van der Waals surface area contributed by atoms with Crippen LogP contribution in [0.2, 0.25) is 0 Å². The van der Waals surface area contributed by atoms with Gasteiger partial charge >= 0.3 is 5.97 Å². The van der Waals surface area contributed by atoms with Gasteiger partial charge in [0.1, 0.15) is 6.10 Å². The standard InChI is InChI=1S/C12H21N3O3/c1-5-9-10(13)11(15(4)14-9)12(16)18-8(3)7-17-6-2/h8H,5-7,13H2,1-4H3. The Bertz CT molecular complexity index is 415. The molecule has 0 amide bonds. The monoisotopic (exact) mass is 255 g/mol. The normalized spacial score (nSPS) is 12.4. The Labute approximate surface area is 107 Å². The molecule has 0 aliphatic carbocycles. The van der Waals surface area contributed by atoms with Crippen LogP contribution in [0.3, 0.4) is 0 Å². The molecule has 0 saturated heterocycles. The number of ether oxygens (including phenoxy) is 2. The molecule has 0 aliphatic heterocycles. The average Bonchev–Trinajstić information content (AvgIpc) is 2.61. The predicted octanol–water partition coefficient (Wildman–Crippen LogP) is 1.15. The molecule has 18 heavy (non-hydrogen) atoms. The smallest absolute Gasteiger partial charge is 0.359 e. The van der Waals surface area contributed by atoms with E-state index < -0.39 is 5.97 Å². The molecule has 1 unspecified atom stereocenters. The molecule has 0 spiro atoms. The number of esters is 1. The number of carbonyl (C=O) groups excluding carboxylic acids is 1. The summed E-state index contributed by atoms with van der Waals surface area (Å²) in [5.41, 5.74) is 7.28. The van der Waals surface area contributed by atoms with Crippen LogP contribution in [-0.4, -0.2) is 35.1 Å². The van der Waals surface area contributed by atoms with Crippen LogP contribution in [0.1, 0.15) is 37.0 Å². The van der Waals surface area contributed by atoms with E-state index in [1.54, 1.807) is 14.0 Å². The summed E-state index contributed by atoms with van der Waals surface area (Å²) in [7, 11) is 1.68. The van der Waals surface area contributed by atoms with Gasteiger partial charge in [0, 0.05) is 13.7 Å². The van der Waals surface area contributed by atoms with E-state index in [4.69, 9.17) is 15.2 Å². The molecule has 6 nitrogen and oxygen atoms in total. The van der Waals surface area contributed by atoms with E-state index in [1.165, 1.54) is 4.68 Å². The lowest BCUT2D eigenvalue weighted by molar-refractivity contribution is 0.00355. The van der Waals surface area contributed by atoms with Gasteiger partial charge in [-0.25, -0.2) is 4.79 Å². The maximum atomic E-state index is 12.0. The van der Waals surface area contributed by atoms with Gasteiger partial charge in [-0.2, -0.15) is 5.10 Å². The van der Waals surface area contributed by atoms with Crippen LogP contribution in [0, 0.1) is 0 Å². The third kappa shape index (κ3) is 3.22. The van der Waals surface area contributed by atoms with Crippen LogP contribution in [0.4, 0.5) is 5.69 Å². The van der Waals surface area contributed by atoms with Gasteiger partial charge in [0.2, 0.25) is 0 Å². The van der Waals surface area contributed by atoms with Crippen LogP contribution < -0.4 is 5.73 Å². The van der Waals surface area contributed by atoms with Crippen LogP contribution >= 0.6 is 0 Å². The molecular formula is C12H21N3O3. The van der Waals surface area contributed by atoms with Gasteiger partial charge in [-0.15, -0.1) is 0 Å². The summed E-state index contributed by atoms with van der Waals surface area (Å²) in [6.07, 6.45) is 0.374. The Morgan fingerprint density at radius 2 is 2.17 bits per heavy atom. The molecule has 6 heteroatoms. The molecule has 1 rings (SSSR count). The van der Waals surface area contributed by atoms with Crippen molar-refractivity contribution in [1.29, 1.82) is 0 Å². The molecule has 0 fully saturated rings. The van der Waals surface area contributed by atoms with Gasteiger partial charge in [0.25, 0.3) is 0 Å². The van der Waals surface area contributed by atoms with Crippen molar-refractivity contribution >= 4 is 11.7 Å². The number of anilines is 1. The van der Waals surface area contributed by atoms with Crippen LogP contribution in [0.15, 0.2) is 0 Å². The highest BCUT2D eigenvalue weighted by atomic mass is 16.6. The number of nitrogens with zero attached hydrogens (tertiary/aromatic N) is 2. The van der Waals surface area contributed by atoms with E-state index in [9.17, 15) is 4.79 Å². The molecule has 0 saturated carbocycles. The molecule has 0 radical (unpaired) electrons. The van der Waals surface area contributed by atoms with Crippen molar-refractivity contribution in [3.8, 4) is 0 Å². The molecule has 0 aromatic carbocycles. The molecule has 0 aliphatic rings. The number of hydrogen-bond donors (Lipinski definition) is 1. The lowest BCUT2D eigenvalue weighted by Crippen LogP contribution is -2.22. The van der Waals surface area contributed by atoms with Crippen molar-refractivity contribution < 1.29 is 14.3 Å². The molecule has 1 heterocycles. The summed E-state index contributed by atoms with van der Waals surface area (Å²) < 4.78 is 11.9. The quantitative estimate of drug-likeness (QED) is 0.771. The van der Waals surface area contributed by atoms with Gasteiger partial charge in [0.15, 0.2) is 5.69 Å². The summed E-state index contributed by atoms with van der Waals surface area (Å²) in [6, 6.07) is 0. The Hall–Kier alpha value is -1.56. The topological polar surface area (TPSA) is 79.4 Å². The fourth-order valence-electron chi connectivity index (χ4n) is 1.66. The van der Waals surface area contributed by atoms with Gasteiger partial charge in [-0.3, -0.25) is 4.68 Å². The number of aryl methyl sites for hydroxylation is 2. The maximum absolute atomic E-state index is 12.0. The number of rotatable bonds is 6. The largest absolute Gasteiger partial charge is 0.455 e. The maximum Gasteiger partial charge on any atom is 0.359 e. The molecule has 0 bridgehead atoms. The highest BCUT2D eigenvalue weighted by Crippen LogP contribution is 2.18. The summed E-state index contributed by atoms with van der Waals surface area (Å²) in [6.45, 7) is 6.57. The molecule has 102 valence electrons. The van der Waals surface area contributed by atoms with Crippen LogP contribution in [0.5, 0.6) is 0 Å². The molecule has 1 atom stereocenters. The fraction of sp³-hybridized carbons (Fsp3) is 0.667. The Morgan fingerprint density at radius 3 is 2.67 bits per heavy atom. The van der Waals surface area contributed by atoms with E-state index in [0.29, 0.717) is 36.7 Å². The first kappa shape index (κ1) is 14.5. The fourth-order valence-corrected chi connectivity index (χ4v) is 1.66. The molecule has 1 aromatic heterocycles. The van der Waals surface area contributed by atoms with Gasteiger partial charge in [0.05, 0.1) is 18.0 Å². The number of carbonyl (C=O) groups is 1. The van der Waals surface area contributed by atoms with Gasteiger partial charge < -0.3 is 15.2 Å². The zero-order valence-corrected chi connectivity index (χ0v) is 11.4. The predicted molar refractivity (Wildman–Crippen MR) is 68.4 cm³/mol. The van der Waals surface area contributed by atoms with Crippen molar-refractivity contribution in [1.82, 2.24) is 9.78 Å². The van der Waals surface area contributed by atoms with E-state index in [0.717, 1.165) is 0 Å². The minimum absolute atomic E-state index is 0.301. The van der Waals surface area contributed by atoms with Crippen LogP contribution in [0.25, 0.3) is 0 Å². The average molecular weight is 255 g/mol. The van der Waals surface area contributed by atoms with E-state index >= 15 is 0 Å². The first-order chi connectivity index (χ1) is 8.51. The second-order valence-electron chi connectivity index (χ2n) is 4.06. The number of nitrogens with two attached hydrogens (primary N) is 1. The van der Waals surface area contributed by atoms with Crippen molar-refractivity contribution in [3.05, 3.63) is 11.4 Å². The zero-order valence-electron chi connectivity index (χ0n) is 11.4. The molecule has 2 N–H and O–H groups in total. The minimum Gasteiger partial charge on any atom is -0.455 e. The lowest BCUT2D eigenvalue weighted by atomic mass is 10.2. The Balaban J connectivity index is 2.75. The van der Waals surface area contributed by atoms with Crippen LogP contribution in [-0.2, 0) is 22.9 Å². The summed E-state index contributed by atoms with van der Waals surface area (Å²) in [5.74, 6) is -0.464. The van der Waals surface area contributed by atoms with Crippen molar-refractivity contribution in [2.24, 2.45) is 7.05 Å². The third-order valence-corrected chi connectivity index (χ3v) is 2.55. The Kier molecular flexibility index (Phi) is 5.15. The third-order valence-electron chi connectivity index (χ3n) is 2.55. The lowest BCUT2D eigenvalue weighted by Gasteiger charge is -2.13. The summed E-state index contributed by atoms with van der Waals surface area (Å²) in [4.78, 5) is 12.0. The number of hydrogen-bond acceptors (Lipinski definition) is 5. The Morgan fingerprint density at radius 1 is 1.50 bits per heavy atom. The van der Waals surface area contributed by atoms with Gasteiger partial charge in [-0.05, 0) is 20.3 Å². The molecular weight excluding hydrogens is 234 g/mol. The van der Waals surface area contributed by atoms with Crippen molar-refractivity contribution in [2.75, 3.05) is 18.9 Å². The minimum atomic E-state index is -0.464. The van der Waals surface area contributed by atoms with Gasteiger partial charge in [-0.1, -0.05) is 6.92 Å². The van der Waals surface area contributed by atoms with Crippen molar-refractivity contribution in [2.45, 2.75) is 33.3 Å². The number of aromatic nitrogens is 2. The van der Waals surface area contributed by atoms with E-state index in [-0.39, 0.29) is 6.10 Å². The second-order valence-corrected chi connectivity index (χ2v) is 4.06. The van der Waals surface area contributed by atoms with E-state index in [2.05, 4.69) is 5.10 Å². The summed E-state index contributed by atoms with van der Waals surface area (Å²) in [5, 5.41) is 4.18. The highest BCUT2D eigenvalue weighted by molar-refractivity contribution is 5.93. The SMILES string of the molecule is CCOCC(C)OC(=O)c1c(N)c(CC)nn1C. The number of nitrogen functional groups attached to an aromatic ring is 1. The molecule has 1 aromatic rings. The zero-order chi connectivity index (χ0) is 13.7. The first-order valence-electron chi connectivity index (χ1n) is 6.11. The summed E-state index contributed by atoms with van der Waals surface area (Å²) >= 11 is 0. The second kappa shape index (κ2) is 6.39. The first-order valence-corrected chi connectivity index (χ1v) is 6.11. The van der Waals surface area contributed by atoms with E-state index in [1.807, 2.05) is 13.8 Å².